The summed E-state index contributed by atoms with van der Waals surface area (Å²) in [6.07, 6.45) is 2.52. The molecule has 66 valence electrons. The Hall–Kier alpha value is -0.0800. The predicted molar refractivity (Wildman–Crippen MR) is 48.7 cm³/mol. The van der Waals surface area contributed by atoms with Gasteiger partial charge in [-0.25, -0.2) is 0 Å². The molecule has 2 nitrogen and oxygen atoms in total. The van der Waals surface area contributed by atoms with E-state index in [1.165, 1.54) is 19.4 Å². The number of piperidine rings is 1. The SMILES string of the molecule is CCC1(C)CNCCC1NC. The Morgan fingerprint density at radius 2 is 2.36 bits per heavy atom. The van der Waals surface area contributed by atoms with Gasteiger partial charge < -0.3 is 10.6 Å². The van der Waals surface area contributed by atoms with E-state index < -0.39 is 0 Å². The van der Waals surface area contributed by atoms with E-state index in [1.54, 1.807) is 0 Å². The summed E-state index contributed by atoms with van der Waals surface area (Å²) in [7, 11) is 2.07. The summed E-state index contributed by atoms with van der Waals surface area (Å²) in [5.74, 6) is 0. The Morgan fingerprint density at radius 1 is 1.64 bits per heavy atom. The molecule has 0 radical (unpaired) electrons. The summed E-state index contributed by atoms with van der Waals surface area (Å²) >= 11 is 0. The summed E-state index contributed by atoms with van der Waals surface area (Å²) in [5, 5.41) is 6.86. The van der Waals surface area contributed by atoms with Gasteiger partial charge in [0.25, 0.3) is 0 Å². The highest BCUT2D eigenvalue weighted by Crippen LogP contribution is 2.28. The fraction of sp³-hybridized carbons (Fsp3) is 1.00. The molecule has 2 N–H and O–H groups in total. The molecular formula is C9H20N2. The highest BCUT2D eigenvalue weighted by atomic mass is 15.0. The minimum atomic E-state index is 0.465. The van der Waals surface area contributed by atoms with E-state index in [9.17, 15) is 0 Å². The third-order valence-electron chi connectivity index (χ3n) is 3.14. The summed E-state index contributed by atoms with van der Waals surface area (Å²) in [6, 6.07) is 0.703. The minimum absolute atomic E-state index is 0.465. The third kappa shape index (κ3) is 1.74. The quantitative estimate of drug-likeness (QED) is 0.623. The number of hydrogen-bond acceptors (Lipinski definition) is 2. The van der Waals surface area contributed by atoms with E-state index in [1.807, 2.05) is 0 Å². The van der Waals surface area contributed by atoms with Gasteiger partial charge in [0.15, 0.2) is 0 Å². The monoisotopic (exact) mass is 156 g/mol. The van der Waals surface area contributed by atoms with E-state index in [-0.39, 0.29) is 0 Å². The first kappa shape index (κ1) is 9.01. The predicted octanol–water partition coefficient (Wildman–Crippen LogP) is 0.984. The van der Waals surface area contributed by atoms with Gasteiger partial charge in [-0.05, 0) is 31.8 Å². The second kappa shape index (κ2) is 3.55. The third-order valence-corrected chi connectivity index (χ3v) is 3.14. The zero-order valence-electron chi connectivity index (χ0n) is 7.91. The molecule has 1 fully saturated rings. The van der Waals surface area contributed by atoms with Crippen LogP contribution in [-0.4, -0.2) is 26.2 Å². The molecule has 1 aliphatic rings. The molecule has 1 heterocycles. The van der Waals surface area contributed by atoms with Gasteiger partial charge in [0, 0.05) is 12.6 Å². The Morgan fingerprint density at radius 3 is 2.82 bits per heavy atom. The Balaban J connectivity index is 2.57. The highest BCUT2D eigenvalue weighted by Gasteiger charge is 2.33. The molecule has 0 amide bonds. The molecule has 2 unspecified atom stereocenters. The van der Waals surface area contributed by atoms with Gasteiger partial charge in [-0.2, -0.15) is 0 Å². The van der Waals surface area contributed by atoms with Crippen LogP contribution in [0.25, 0.3) is 0 Å². The van der Waals surface area contributed by atoms with E-state index in [4.69, 9.17) is 0 Å². The second-order valence-electron chi connectivity index (χ2n) is 3.81. The van der Waals surface area contributed by atoms with Crippen LogP contribution in [0, 0.1) is 5.41 Å². The average Bonchev–Trinajstić information content (AvgIpc) is 2.05. The van der Waals surface area contributed by atoms with Crippen molar-refractivity contribution in [3.05, 3.63) is 0 Å². The first-order chi connectivity index (χ1) is 5.23. The van der Waals surface area contributed by atoms with Crippen LogP contribution in [0.5, 0.6) is 0 Å². The average molecular weight is 156 g/mol. The molecule has 2 atom stereocenters. The topological polar surface area (TPSA) is 24.1 Å². The standard InChI is InChI=1S/C9H20N2/c1-4-9(2)7-11-6-5-8(9)10-3/h8,10-11H,4-7H2,1-3H3. The summed E-state index contributed by atoms with van der Waals surface area (Å²) in [4.78, 5) is 0. The van der Waals surface area contributed by atoms with Crippen LogP contribution < -0.4 is 10.6 Å². The lowest BCUT2D eigenvalue weighted by atomic mass is 9.76. The van der Waals surface area contributed by atoms with Gasteiger partial charge in [0.05, 0.1) is 0 Å². The van der Waals surface area contributed by atoms with E-state index >= 15 is 0 Å². The molecule has 0 aliphatic carbocycles. The summed E-state index contributed by atoms with van der Waals surface area (Å²) < 4.78 is 0. The van der Waals surface area contributed by atoms with Gasteiger partial charge in [0.1, 0.15) is 0 Å². The van der Waals surface area contributed by atoms with Crippen LogP contribution in [0.1, 0.15) is 26.7 Å². The van der Waals surface area contributed by atoms with Crippen molar-refractivity contribution in [3.63, 3.8) is 0 Å². The fourth-order valence-electron chi connectivity index (χ4n) is 1.96. The maximum atomic E-state index is 3.45. The van der Waals surface area contributed by atoms with Gasteiger partial charge in [0.2, 0.25) is 0 Å². The lowest BCUT2D eigenvalue weighted by Crippen LogP contribution is -2.53. The fourth-order valence-corrected chi connectivity index (χ4v) is 1.96. The maximum absolute atomic E-state index is 3.45. The van der Waals surface area contributed by atoms with Crippen molar-refractivity contribution in [1.29, 1.82) is 0 Å². The molecule has 0 spiro atoms. The summed E-state index contributed by atoms with van der Waals surface area (Å²) in [5.41, 5.74) is 0.465. The lowest BCUT2D eigenvalue weighted by molar-refractivity contribution is 0.164. The molecule has 1 saturated heterocycles. The van der Waals surface area contributed by atoms with Gasteiger partial charge >= 0.3 is 0 Å². The zero-order valence-corrected chi connectivity index (χ0v) is 7.91. The van der Waals surface area contributed by atoms with E-state index in [0.29, 0.717) is 11.5 Å². The summed E-state index contributed by atoms with van der Waals surface area (Å²) in [6.45, 7) is 6.97. The molecule has 0 saturated carbocycles. The maximum Gasteiger partial charge on any atom is 0.0142 e. The lowest BCUT2D eigenvalue weighted by Gasteiger charge is -2.41. The largest absolute Gasteiger partial charge is 0.316 e. The van der Waals surface area contributed by atoms with Crippen LogP contribution in [0.15, 0.2) is 0 Å². The molecule has 1 aliphatic heterocycles. The molecule has 11 heavy (non-hydrogen) atoms. The number of hydrogen-bond donors (Lipinski definition) is 2. The first-order valence-corrected chi connectivity index (χ1v) is 4.61. The van der Waals surface area contributed by atoms with Crippen LogP contribution in [0.2, 0.25) is 0 Å². The molecule has 2 heteroatoms. The molecule has 0 bridgehead atoms. The highest BCUT2D eigenvalue weighted by molar-refractivity contribution is 4.91. The van der Waals surface area contributed by atoms with Crippen molar-refractivity contribution in [2.75, 3.05) is 20.1 Å². The van der Waals surface area contributed by atoms with Gasteiger partial charge in [-0.1, -0.05) is 13.8 Å². The molecule has 0 aromatic rings. The van der Waals surface area contributed by atoms with Crippen molar-refractivity contribution in [2.24, 2.45) is 5.41 Å². The van der Waals surface area contributed by atoms with E-state index in [2.05, 4.69) is 31.5 Å². The molecular weight excluding hydrogens is 136 g/mol. The van der Waals surface area contributed by atoms with Crippen molar-refractivity contribution < 1.29 is 0 Å². The van der Waals surface area contributed by atoms with Crippen LogP contribution in [-0.2, 0) is 0 Å². The van der Waals surface area contributed by atoms with E-state index in [0.717, 1.165) is 6.54 Å². The van der Waals surface area contributed by atoms with Crippen LogP contribution >= 0.6 is 0 Å². The first-order valence-electron chi connectivity index (χ1n) is 4.61. The van der Waals surface area contributed by atoms with Gasteiger partial charge in [-0.3, -0.25) is 0 Å². The zero-order chi connectivity index (χ0) is 8.32. The van der Waals surface area contributed by atoms with Gasteiger partial charge in [-0.15, -0.1) is 0 Å². The van der Waals surface area contributed by atoms with Crippen LogP contribution in [0.3, 0.4) is 0 Å². The number of rotatable bonds is 2. The van der Waals surface area contributed by atoms with Crippen LogP contribution in [0.4, 0.5) is 0 Å². The normalized spacial score (nSPS) is 39.0. The van der Waals surface area contributed by atoms with Crippen molar-refractivity contribution >= 4 is 0 Å². The molecule has 0 aromatic carbocycles. The van der Waals surface area contributed by atoms with Crippen molar-refractivity contribution in [1.82, 2.24) is 10.6 Å². The number of nitrogens with one attached hydrogen (secondary N) is 2. The molecule has 0 aromatic heterocycles. The smallest absolute Gasteiger partial charge is 0.0142 e. The van der Waals surface area contributed by atoms with Crippen molar-refractivity contribution in [3.8, 4) is 0 Å². The Kier molecular flexibility index (Phi) is 2.90. The van der Waals surface area contributed by atoms with Crippen molar-refractivity contribution in [2.45, 2.75) is 32.7 Å². The second-order valence-corrected chi connectivity index (χ2v) is 3.81. The minimum Gasteiger partial charge on any atom is -0.316 e. The Bertz CT molecular complexity index is 125. The molecule has 1 rings (SSSR count). The Labute approximate surface area is 69.8 Å².